The fraction of sp³-hybridized carbons (Fsp3) is 0.333. The van der Waals surface area contributed by atoms with E-state index in [1.165, 1.54) is 5.56 Å². The van der Waals surface area contributed by atoms with Gasteiger partial charge in [0.2, 0.25) is 0 Å². The molecule has 2 aromatic heterocycles. The maximum absolute atomic E-state index is 11.8. The number of benzene rings is 2. The number of nitrogens with zero attached hydrogens (tertiary/aromatic N) is 4. The molecule has 0 radical (unpaired) electrons. The highest BCUT2D eigenvalue weighted by Gasteiger charge is 2.32. The van der Waals surface area contributed by atoms with Crippen molar-refractivity contribution >= 4 is 22.8 Å². The summed E-state index contributed by atoms with van der Waals surface area (Å²) in [5.74, 6) is -2.56. The van der Waals surface area contributed by atoms with Gasteiger partial charge in [-0.05, 0) is 54.8 Å². The molecule has 2 atom stereocenters. The van der Waals surface area contributed by atoms with Crippen LogP contribution in [0.3, 0.4) is 0 Å². The van der Waals surface area contributed by atoms with Gasteiger partial charge in [-0.3, -0.25) is 9.47 Å². The Morgan fingerprint density at radius 1 is 1.12 bits per heavy atom. The Morgan fingerprint density at radius 3 is 2.68 bits per heavy atom. The van der Waals surface area contributed by atoms with Gasteiger partial charge in [-0.15, -0.1) is 10.2 Å². The number of fused-ring (bicyclic) bond motifs is 1. The van der Waals surface area contributed by atoms with Crippen LogP contribution in [-0.4, -0.2) is 81.1 Å². The van der Waals surface area contributed by atoms with Crippen LogP contribution < -0.4 is 0 Å². The lowest BCUT2D eigenvalue weighted by atomic mass is 9.96. The summed E-state index contributed by atoms with van der Waals surface area (Å²) >= 11 is 0. The van der Waals surface area contributed by atoms with Crippen LogP contribution in [0.4, 0.5) is 0 Å². The number of carbonyl (C=O) groups is 2. The number of aromatic amines is 1. The molecule has 0 spiro atoms. The van der Waals surface area contributed by atoms with Gasteiger partial charge in [0.05, 0.1) is 19.3 Å². The molecule has 41 heavy (non-hydrogen) atoms. The van der Waals surface area contributed by atoms with Crippen molar-refractivity contribution in [2.45, 2.75) is 31.4 Å². The van der Waals surface area contributed by atoms with Crippen LogP contribution in [0.25, 0.3) is 16.6 Å². The lowest BCUT2D eigenvalue weighted by Crippen LogP contribution is -2.44. The van der Waals surface area contributed by atoms with Gasteiger partial charge in [0, 0.05) is 42.9 Å². The van der Waals surface area contributed by atoms with Gasteiger partial charge in [0.25, 0.3) is 0 Å². The van der Waals surface area contributed by atoms with Crippen LogP contribution >= 0.6 is 0 Å². The Bertz CT molecular complexity index is 1480. The summed E-state index contributed by atoms with van der Waals surface area (Å²) in [5, 5.41) is 18.0. The number of carbonyl (C=O) groups excluding carboxylic acids is 1. The highest BCUT2D eigenvalue weighted by molar-refractivity contribution is 6.28. The van der Waals surface area contributed by atoms with Crippen molar-refractivity contribution in [3.63, 3.8) is 0 Å². The summed E-state index contributed by atoms with van der Waals surface area (Å²) in [6.07, 6.45) is 9.01. The molecule has 1 aliphatic heterocycles. The number of hydrogen-bond acceptors (Lipinski definition) is 8. The van der Waals surface area contributed by atoms with Gasteiger partial charge in [-0.1, -0.05) is 30.3 Å². The fourth-order valence-electron chi connectivity index (χ4n) is 5.20. The van der Waals surface area contributed by atoms with Crippen molar-refractivity contribution < 1.29 is 28.9 Å². The molecule has 0 fully saturated rings. The first kappa shape index (κ1) is 28.2. The second kappa shape index (κ2) is 13.4. The minimum Gasteiger partial charge on any atom is -0.473 e. The molecule has 4 aromatic rings. The Hall–Kier alpha value is -4.32. The van der Waals surface area contributed by atoms with E-state index in [4.69, 9.17) is 19.3 Å². The number of aromatic nitrogens is 4. The number of carboxylic acids is 1. The highest BCUT2D eigenvalue weighted by Crippen LogP contribution is 2.31. The van der Waals surface area contributed by atoms with Gasteiger partial charge in [0.15, 0.2) is 0 Å². The largest absolute Gasteiger partial charge is 0.473 e. The molecule has 5 rings (SSSR count). The van der Waals surface area contributed by atoms with Gasteiger partial charge in [0.1, 0.15) is 24.5 Å². The van der Waals surface area contributed by atoms with E-state index in [9.17, 15) is 9.59 Å². The van der Waals surface area contributed by atoms with E-state index < -0.39 is 11.9 Å². The zero-order valence-corrected chi connectivity index (χ0v) is 22.8. The Balaban J connectivity index is 1.35. The van der Waals surface area contributed by atoms with Crippen molar-refractivity contribution in [2.24, 2.45) is 0 Å². The van der Waals surface area contributed by atoms with Crippen molar-refractivity contribution in [1.82, 2.24) is 24.6 Å². The molecule has 0 saturated heterocycles. The molecule has 0 aliphatic carbocycles. The maximum Gasteiger partial charge on any atom is 0.422 e. The normalized spacial score (nSPS) is 16.4. The number of aryl methyl sites for hydroxylation is 1. The summed E-state index contributed by atoms with van der Waals surface area (Å²) < 4.78 is 18.6. The molecule has 1 aliphatic rings. The van der Waals surface area contributed by atoms with Crippen LogP contribution in [-0.2, 0) is 30.2 Å². The molecule has 2 aromatic carbocycles. The van der Waals surface area contributed by atoms with Crippen molar-refractivity contribution in [3.05, 3.63) is 90.3 Å². The molecule has 2 unspecified atom stereocenters. The van der Waals surface area contributed by atoms with Gasteiger partial charge < -0.3 is 24.3 Å². The Kier molecular flexibility index (Phi) is 9.19. The topological polar surface area (TPSA) is 132 Å². The maximum atomic E-state index is 11.8. The van der Waals surface area contributed by atoms with Crippen molar-refractivity contribution in [1.29, 1.82) is 0 Å². The second-order valence-electron chi connectivity index (χ2n) is 9.82. The first-order valence-electron chi connectivity index (χ1n) is 13.5. The van der Waals surface area contributed by atoms with E-state index in [2.05, 4.69) is 38.4 Å². The number of rotatable bonds is 12. The first-order chi connectivity index (χ1) is 20.0. The third kappa shape index (κ3) is 6.88. The van der Waals surface area contributed by atoms with Crippen LogP contribution in [0.5, 0.6) is 0 Å². The fourth-order valence-corrected chi connectivity index (χ4v) is 5.20. The zero-order chi connectivity index (χ0) is 28.6. The summed E-state index contributed by atoms with van der Waals surface area (Å²) in [6, 6.07) is 15.8. The van der Waals surface area contributed by atoms with Gasteiger partial charge in [-0.25, -0.2) is 9.59 Å². The third-order valence-electron chi connectivity index (χ3n) is 7.20. The molecular weight excluding hydrogens is 526 g/mol. The molecule has 0 saturated carbocycles. The molecule has 214 valence electrons. The minimum absolute atomic E-state index is 0.275. The first-order valence-corrected chi connectivity index (χ1v) is 13.5. The van der Waals surface area contributed by atoms with Crippen molar-refractivity contribution in [2.75, 3.05) is 33.4 Å². The van der Waals surface area contributed by atoms with Crippen LogP contribution in [0.15, 0.2) is 79.2 Å². The van der Waals surface area contributed by atoms with E-state index in [0.29, 0.717) is 31.9 Å². The highest BCUT2D eigenvalue weighted by atomic mass is 16.6. The molecule has 2 N–H and O–H groups in total. The molecule has 11 nitrogen and oxygen atoms in total. The SMILES string of the molecule is COCCOC(c1ccccc1)C1C=C(OC(=O)C(=O)O)CCN1CCCc1c[nH]c2ccc(-n3cnnc3)cc12. The summed E-state index contributed by atoms with van der Waals surface area (Å²) in [5.41, 5.74) is 4.24. The number of carboxylic acid groups (broad SMARTS) is 1. The number of H-pyrrole nitrogens is 1. The number of nitrogens with one attached hydrogen (secondary N) is 1. The third-order valence-corrected chi connectivity index (χ3v) is 7.20. The average molecular weight is 560 g/mol. The van der Waals surface area contributed by atoms with E-state index in [1.54, 1.807) is 19.8 Å². The van der Waals surface area contributed by atoms with Crippen molar-refractivity contribution in [3.8, 4) is 5.69 Å². The lowest BCUT2D eigenvalue weighted by molar-refractivity contribution is -0.161. The predicted molar refractivity (Wildman–Crippen MR) is 150 cm³/mol. The van der Waals surface area contributed by atoms with Gasteiger partial charge in [-0.2, -0.15) is 0 Å². The minimum atomic E-state index is -1.62. The Morgan fingerprint density at radius 2 is 1.93 bits per heavy atom. The number of hydrogen-bond donors (Lipinski definition) is 2. The van der Waals surface area contributed by atoms with E-state index in [1.807, 2.05) is 47.0 Å². The molecular formula is C30H33N5O6. The standard InChI is InChI=1S/C30H33N5O6/c1-39-14-15-40-28(21-6-3-2-4-7-21)27-17-24(41-30(38)29(36)37)11-13-34(27)12-5-8-22-18-31-26-10-9-23(16-25(22)26)35-19-32-33-20-35/h2-4,6-7,9-10,16-20,27-28,31H,5,8,11-15H2,1H3,(H,36,37). The monoisotopic (exact) mass is 559 g/mol. The smallest absolute Gasteiger partial charge is 0.422 e. The average Bonchev–Trinajstić information content (AvgIpc) is 3.67. The number of ether oxygens (including phenoxy) is 3. The number of esters is 1. The van der Waals surface area contributed by atoms with E-state index in [-0.39, 0.29) is 12.1 Å². The lowest BCUT2D eigenvalue weighted by Gasteiger charge is -2.38. The van der Waals surface area contributed by atoms with Crippen LogP contribution in [0.1, 0.15) is 30.1 Å². The number of methoxy groups -OCH3 is 1. The zero-order valence-electron chi connectivity index (χ0n) is 22.8. The van der Waals surface area contributed by atoms with E-state index >= 15 is 0 Å². The predicted octanol–water partition coefficient (Wildman–Crippen LogP) is 3.67. The molecule has 3 heterocycles. The number of aliphatic carboxylic acids is 1. The van der Waals surface area contributed by atoms with E-state index in [0.717, 1.165) is 41.5 Å². The molecule has 11 heteroatoms. The Labute approximate surface area is 237 Å². The summed E-state index contributed by atoms with van der Waals surface area (Å²) in [6.45, 7) is 2.16. The summed E-state index contributed by atoms with van der Waals surface area (Å²) in [4.78, 5) is 28.6. The van der Waals surface area contributed by atoms with Crippen LogP contribution in [0.2, 0.25) is 0 Å². The molecule has 0 bridgehead atoms. The molecule has 0 amide bonds. The summed E-state index contributed by atoms with van der Waals surface area (Å²) in [7, 11) is 1.62. The quantitative estimate of drug-likeness (QED) is 0.152. The second-order valence-corrected chi connectivity index (χ2v) is 9.82. The van der Waals surface area contributed by atoms with Crippen LogP contribution in [0, 0.1) is 0 Å². The van der Waals surface area contributed by atoms with Gasteiger partial charge >= 0.3 is 11.9 Å².